The molecular weight excluding hydrogens is 200 g/mol. The summed E-state index contributed by atoms with van der Waals surface area (Å²) < 4.78 is 4.55. The zero-order valence-corrected chi connectivity index (χ0v) is 8.76. The van der Waals surface area contributed by atoms with Crippen molar-refractivity contribution in [2.45, 2.75) is 4.90 Å². The molecule has 0 radical (unpaired) electrons. The van der Waals surface area contributed by atoms with E-state index in [0.717, 1.165) is 4.90 Å². The molecule has 0 aliphatic rings. The van der Waals surface area contributed by atoms with Crippen LogP contribution in [0.25, 0.3) is 0 Å². The molecule has 14 heavy (non-hydrogen) atoms. The van der Waals surface area contributed by atoms with Crippen molar-refractivity contribution in [2.75, 3.05) is 13.4 Å². The van der Waals surface area contributed by atoms with Crippen molar-refractivity contribution in [3.05, 3.63) is 29.3 Å². The van der Waals surface area contributed by atoms with Gasteiger partial charge in [0.15, 0.2) is 6.29 Å². The van der Waals surface area contributed by atoms with Crippen LogP contribution < -0.4 is 0 Å². The highest BCUT2D eigenvalue weighted by Crippen LogP contribution is 2.18. The molecule has 0 spiro atoms. The van der Waals surface area contributed by atoms with E-state index in [2.05, 4.69) is 4.74 Å². The first-order valence-corrected chi connectivity index (χ1v) is 5.17. The first kappa shape index (κ1) is 10.8. The third kappa shape index (κ3) is 2.14. The van der Waals surface area contributed by atoms with Gasteiger partial charge in [-0.2, -0.15) is 0 Å². The second kappa shape index (κ2) is 4.81. The molecule has 0 saturated heterocycles. The molecule has 0 bridgehead atoms. The molecule has 0 fully saturated rings. The van der Waals surface area contributed by atoms with Crippen LogP contribution in [0.3, 0.4) is 0 Å². The molecule has 1 aromatic carbocycles. The summed E-state index contributed by atoms with van der Waals surface area (Å²) >= 11 is 1.52. The standard InChI is InChI=1S/C10H10O3S/c1-13-10(12)9-4-3-8(14-2)5-7(9)6-11/h3-6H,1-2H3. The first-order valence-electron chi connectivity index (χ1n) is 3.94. The number of hydrogen-bond acceptors (Lipinski definition) is 4. The van der Waals surface area contributed by atoms with Gasteiger partial charge in [-0.1, -0.05) is 0 Å². The van der Waals surface area contributed by atoms with Crippen molar-refractivity contribution in [2.24, 2.45) is 0 Å². The van der Waals surface area contributed by atoms with E-state index in [1.807, 2.05) is 6.26 Å². The Morgan fingerprint density at radius 2 is 2.21 bits per heavy atom. The van der Waals surface area contributed by atoms with Crippen LogP contribution in [0.1, 0.15) is 20.7 Å². The Bertz CT molecular complexity index is 360. The van der Waals surface area contributed by atoms with Crippen molar-refractivity contribution >= 4 is 24.0 Å². The fourth-order valence-electron chi connectivity index (χ4n) is 1.06. The highest BCUT2D eigenvalue weighted by atomic mass is 32.2. The van der Waals surface area contributed by atoms with Gasteiger partial charge in [-0.15, -0.1) is 11.8 Å². The van der Waals surface area contributed by atoms with Crippen LogP contribution in [0.4, 0.5) is 0 Å². The lowest BCUT2D eigenvalue weighted by Gasteiger charge is -2.03. The Hall–Kier alpha value is -1.29. The van der Waals surface area contributed by atoms with Crippen LogP contribution in [-0.4, -0.2) is 25.6 Å². The van der Waals surface area contributed by atoms with Crippen molar-refractivity contribution in [1.82, 2.24) is 0 Å². The minimum Gasteiger partial charge on any atom is -0.465 e. The van der Waals surface area contributed by atoms with Gasteiger partial charge >= 0.3 is 5.97 Å². The lowest BCUT2D eigenvalue weighted by molar-refractivity contribution is 0.0598. The van der Waals surface area contributed by atoms with Crippen molar-refractivity contribution < 1.29 is 14.3 Å². The van der Waals surface area contributed by atoms with E-state index in [-0.39, 0.29) is 0 Å². The number of aldehydes is 1. The summed E-state index contributed by atoms with van der Waals surface area (Å²) in [6.07, 6.45) is 2.56. The zero-order valence-electron chi connectivity index (χ0n) is 7.94. The lowest BCUT2D eigenvalue weighted by Crippen LogP contribution is -2.05. The fraction of sp³-hybridized carbons (Fsp3) is 0.200. The van der Waals surface area contributed by atoms with Crippen LogP contribution in [0.2, 0.25) is 0 Å². The Labute approximate surface area is 86.5 Å². The Morgan fingerprint density at radius 1 is 1.50 bits per heavy atom. The number of ether oxygens (including phenoxy) is 1. The van der Waals surface area contributed by atoms with E-state index in [0.29, 0.717) is 17.4 Å². The van der Waals surface area contributed by atoms with Gasteiger partial charge in [0.1, 0.15) is 0 Å². The van der Waals surface area contributed by atoms with Gasteiger partial charge in [-0.05, 0) is 24.5 Å². The number of carbonyl (C=O) groups is 2. The zero-order chi connectivity index (χ0) is 10.6. The summed E-state index contributed by atoms with van der Waals surface area (Å²) in [5.74, 6) is -0.486. The minimum absolute atomic E-state index is 0.306. The van der Waals surface area contributed by atoms with Gasteiger partial charge in [-0.25, -0.2) is 4.79 Å². The summed E-state index contributed by atoms with van der Waals surface area (Å²) in [5, 5.41) is 0. The van der Waals surface area contributed by atoms with Crippen LogP contribution in [0.5, 0.6) is 0 Å². The molecular formula is C10H10O3S. The second-order valence-electron chi connectivity index (χ2n) is 2.56. The van der Waals surface area contributed by atoms with Gasteiger partial charge in [0.25, 0.3) is 0 Å². The van der Waals surface area contributed by atoms with Gasteiger partial charge in [0.05, 0.1) is 12.7 Å². The molecule has 0 amide bonds. The fourth-order valence-corrected chi connectivity index (χ4v) is 1.51. The maximum atomic E-state index is 11.2. The normalized spacial score (nSPS) is 9.57. The van der Waals surface area contributed by atoms with Gasteiger partial charge in [0, 0.05) is 10.5 Å². The molecule has 0 atom stereocenters. The van der Waals surface area contributed by atoms with Crippen LogP contribution >= 0.6 is 11.8 Å². The topological polar surface area (TPSA) is 43.4 Å². The highest BCUT2D eigenvalue weighted by Gasteiger charge is 2.11. The quantitative estimate of drug-likeness (QED) is 0.435. The number of rotatable bonds is 3. The van der Waals surface area contributed by atoms with Crippen LogP contribution in [0.15, 0.2) is 23.1 Å². The minimum atomic E-state index is -0.486. The maximum absolute atomic E-state index is 11.2. The largest absolute Gasteiger partial charge is 0.465 e. The molecule has 3 nitrogen and oxygen atoms in total. The van der Waals surface area contributed by atoms with E-state index >= 15 is 0 Å². The molecule has 0 unspecified atom stereocenters. The molecule has 0 saturated carbocycles. The van der Waals surface area contributed by atoms with Gasteiger partial charge in [-0.3, -0.25) is 4.79 Å². The summed E-state index contributed by atoms with van der Waals surface area (Å²) in [5.41, 5.74) is 0.670. The van der Waals surface area contributed by atoms with E-state index in [4.69, 9.17) is 0 Å². The second-order valence-corrected chi connectivity index (χ2v) is 3.44. The van der Waals surface area contributed by atoms with Crippen molar-refractivity contribution in [3.8, 4) is 0 Å². The van der Waals surface area contributed by atoms with Crippen molar-refractivity contribution in [1.29, 1.82) is 0 Å². The molecule has 4 heteroatoms. The third-order valence-electron chi connectivity index (χ3n) is 1.79. The molecule has 0 aromatic heterocycles. The molecule has 0 N–H and O–H groups in total. The Balaban J connectivity index is 3.17. The monoisotopic (exact) mass is 210 g/mol. The predicted molar refractivity (Wildman–Crippen MR) is 55.0 cm³/mol. The third-order valence-corrected chi connectivity index (χ3v) is 2.52. The number of carbonyl (C=O) groups excluding carboxylic acids is 2. The molecule has 0 aliphatic heterocycles. The molecule has 1 aromatic rings. The number of benzene rings is 1. The first-order chi connectivity index (χ1) is 6.72. The van der Waals surface area contributed by atoms with Gasteiger partial charge in [0.2, 0.25) is 0 Å². The Kier molecular flexibility index (Phi) is 3.71. The number of hydrogen-bond donors (Lipinski definition) is 0. The van der Waals surface area contributed by atoms with E-state index in [9.17, 15) is 9.59 Å². The van der Waals surface area contributed by atoms with E-state index in [1.54, 1.807) is 18.2 Å². The molecule has 74 valence electrons. The number of esters is 1. The lowest BCUT2D eigenvalue weighted by atomic mass is 10.1. The van der Waals surface area contributed by atoms with Crippen LogP contribution in [0, 0.1) is 0 Å². The average Bonchev–Trinajstić information content (AvgIpc) is 2.27. The molecule has 0 heterocycles. The highest BCUT2D eigenvalue weighted by molar-refractivity contribution is 7.98. The predicted octanol–water partition coefficient (Wildman–Crippen LogP) is 2.01. The molecule has 0 aliphatic carbocycles. The smallest absolute Gasteiger partial charge is 0.338 e. The van der Waals surface area contributed by atoms with E-state index < -0.39 is 5.97 Å². The maximum Gasteiger partial charge on any atom is 0.338 e. The average molecular weight is 210 g/mol. The summed E-state index contributed by atoms with van der Waals surface area (Å²) in [6, 6.07) is 5.05. The Morgan fingerprint density at radius 3 is 2.71 bits per heavy atom. The summed E-state index contributed by atoms with van der Waals surface area (Å²) in [6.45, 7) is 0. The van der Waals surface area contributed by atoms with Crippen LogP contribution in [-0.2, 0) is 4.74 Å². The number of thioether (sulfide) groups is 1. The van der Waals surface area contributed by atoms with Crippen molar-refractivity contribution in [3.63, 3.8) is 0 Å². The SMILES string of the molecule is COC(=O)c1ccc(SC)cc1C=O. The van der Waals surface area contributed by atoms with Gasteiger partial charge < -0.3 is 4.74 Å². The number of methoxy groups -OCH3 is 1. The summed E-state index contributed by atoms with van der Waals surface area (Å²) in [7, 11) is 1.29. The molecule has 1 rings (SSSR count). The summed E-state index contributed by atoms with van der Waals surface area (Å²) in [4.78, 5) is 22.8. The van der Waals surface area contributed by atoms with E-state index in [1.165, 1.54) is 18.9 Å².